The molecule has 2 heterocycles. The van der Waals surface area contributed by atoms with Gasteiger partial charge in [-0.2, -0.15) is 0 Å². The van der Waals surface area contributed by atoms with E-state index in [4.69, 9.17) is 4.84 Å². The second-order valence-electron chi connectivity index (χ2n) is 3.65. The summed E-state index contributed by atoms with van der Waals surface area (Å²) in [6.45, 7) is 1.78. The summed E-state index contributed by atoms with van der Waals surface area (Å²) in [5.41, 5.74) is 0.956. The number of rotatable bonds is 2. The average molecular weight is 234 g/mol. The Morgan fingerprint density at radius 2 is 1.94 bits per heavy atom. The predicted octanol–water partition coefficient (Wildman–Crippen LogP) is 0.611. The van der Waals surface area contributed by atoms with Gasteiger partial charge in [0.25, 0.3) is 11.8 Å². The van der Waals surface area contributed by atoms with Crippen LogP contribution in [0, 0.1) is 6.92 Å². The van der Waals surface area contributed by atoms with Crippen LogP contribution in [0.4, 0.5) is 0 Å². The van der Waals surface area contributed by atoms with Gasteiger partial charge in [-0.15, -0.1) is 5.06 Å². The number of carbonyl (C=O) groups excluding carboxylic acids is 3. The van der Waals surface area contributed by atoms with Gasteiger partial charge in [0, 0.05) is 24.7 Å². The molecule has 1 aliphatic heterocycles. The zero-order valence-corrected chi connectivity index (χ0v) is 9.17. The number of hydrogen-bond donors (Lipinski definition) is 0. The van der Waals surface area contributed by atoms with Crippen LogP contribution in [-0.2, 0) is 14.4 Å². The third-order valence-corrected chi connectivity index (χ3v) is 2.33. The topological polar surface area (TPSA) is 76.6 Å². The van der Waals surface area contributed by atoms with Crippen molar-refractivity contribution in [3.05, 3.63) is 29.6 Å². The first-order valence-corrected chi connectivity index (χ1v) is 5.08. The van der Waals surface area contributed by atoms with Crippen LogP contribution in [0.2, 0.25) is 0 Å². The lowest BCUT2D eigenvalue weighted by Crippen LogP contribution is -2.32. The molecule has 17 heavy (non-hydrogen) atoms. The second-order valence-corrected chi connectivity index (χ2v) is 3.65. The quantitative estimate of drug-likeness (QED) is 0.701. The summed E-state index contributed by atoms with van der Waals surface area (Å²) in [7, 11) is 0. The van der Waals surface area contributed by atoms with Gasteiger partial charge in [0.15, 0.2) is 0 Å². The fraction of sp³-hybridized carbons (Fsp3) is 0.273. The fourth-order valence-corrected chi connectivity index (χ4v) is 1.38. The molecule has 1 aliphatic rings. The highest BCUT2D eigenvalue weighted by atomic mass is 16.7. The van der Waals surface area contributed by atoms with Crippen molar-refractivity contribution in [1.82, 2.24) is 10.0 Å². The number of hydroxylamine groups is 2. The SMILES string of the molecule is Cc1ccc(C(=O)ON2C(=O)CCC2=O)cn1. The number of nitrogens with zero attached hydrogens (tertiary/aromatic N) is 2. The summed E-state index contributed by atoms with van der Waals surface area (Å²) in [6, 6.07) is 3.17. The smallest absolute Gasteiger partial charge is 0.325 e. The van der Waals surface area contributed by atoms with E-state index in [9.17, 15) is 14.4 Å². The predicted molar refractivity (Wildman–Crippen MR) is 55.5 cm³/mol. The van der Waals surface area contributed by atoms with Crippen molar-refractivity contribution < 1.29 is 19.2 Å². The average Bonchev–Trinajstić information content (AvgIpc) is 2.61. The van der Waals surface area contributed by atoms with Crippen molar-refractivity contribution in [1.29, 1.82) is 0 Å². The third-order valence-electron chi connectivity index (χ3n) is 2.33. The normalized spacial score (nSPS) is 15.2. The largest absolute Gasteiger partial charge is 0.365 e. The van der Waals surface area contributed by atoms with Crippen LogP contribution in [-0.4, -0.2) is 27.8 Å². The van der Waals surface area contributed by atoms with E-state index in [1.165, 1.54) is 12.3 Å². The highest BCUT2D eigenvalue weighted by molar-refractivity contribution is 6.02. The Hall–Kier alpha value is -2.24. The summed E-state index contributed by atoms with van der Waals surface area (Å²) in [6.07, 6.45) is 1.50. The molecule has 88 valence electrons. The number of hydrogen-bond acceptors (Lipinski definition) is 5. The summed E-state index contributed by atoms with van der Waals surface area (Å²) >= 11 is 0. The number of aryl methyl sites for hydroxylation is 1. The minimum Gasteiger partial charge on any atom is -0.325 e. The Bertz CT molecular complexity index is 465. The van der Waals surface area contributed by atoms with Crippen LogP contribution in [0.5, 0.6) is 0 Å². The molecule has 0 aliphatic carbocycles. The maximum absolute atomic E-state index is 11.6. The van der Waals surface area contributed by atoms with E-state index in [1.807, 2.05) is 0 Å². The summed E-state index contributed by atoms with van der Waals surface area (Å²) in [5.74, 6) is -1.76. The summed E-state index contributed by atoms with van der Waals surface area (Å²) in [4.78, 5) is 42.7. The van der Waals surface area contributed by atoms with E-state index in [-0.39, 0.29) is 18.4 Å². The molecular weight excluding hydrogens is 224 g/mol. The number of amides is 2. The molecule has 1 aromatic rings. The van der Waals surface area contributed by atoms with Crippen molar-refractivity contribution >= 4 is 17.8 Å². The minimum atomic E-state index is -0.763. The lowest BCUT2D eigenvalue weighted by molar-refractivity contribution is -0.172. The molecule has 0 spiro atoms. The summed E-state index contributed by atoms with van der Waals surface area (Å²) < 4.78 is 0. The first kappa shape index (κ1) is 11.3. The number of aromatic nitrogens is 1. The van der Waals surface area contributed by atoms with Crippen LogP contribution in [0.3, 0.4) is 0 Å². The second kappa shape index (κ2) is 4.32. The molecule has 0 unspecified atom stereocenters. The Morgan fingerprint density at radius 3 is 2.47 bits per heavy atom. The van der Waals surface area contributed by atoms with E-state index in [0.29, 0.717) is 5.06 Å². The highest BCUT2D eigenvalue weighted by Gasteiger charge is 2.33. The zero-order valence-electron chi connectivity index (χ0n) is 9.17. The lowest BCUT2D eigenvalue weighted by Gasteiger charge is -2.12. The van der Waals surface area contributed by atoms with Gasteiger partial charge in [0.05, 0.1) is 5.56 Å². The van der Waals surface area contributed by atoms with Gasteiger partial charge in [-0.25, -0.2) is 4.79 Å². The van der Waals surface area contributed by atoms with Gasteiger partial charge >= 0.3 is 5.97 Å². The standard InChI is InChI=1S/C11H10N2O4/c1-7-2-3-8(6-12-7)11(16)17-13-9(14)4-5-10(13)15/h2-3,6H,4-5H2,1H3. The molecule has 1 fully saturated rings. The number of pyridine rings is 1. The lowest BCUT2D eigenvalue weighted by atomic mass is 10.2. The van der Waals surface area contributed by atoms with Gasteiger partial charge in [-0.05, 0) is 19.1 Å². The van der Waals surface area contributed by atoms with E-state index >= 15 is 0 Å². The molecule has 0 radical (unpaired) electrons. The van der Waals surface area contributed by atoms with Crippen molar-refractivity contribution in [3.8, 4) is 0 Å². The van der Waals surface area contributed by atoms with Crippen LogP contribution >= 0.6 is 0 Å². The molecule has 2 rings (SSSR count). The molecule has 0 N–H and O–H groups in total. The van der Waals surface area contributed by atoms with Gasteiger partial charge in [0.2, 0.25) is 0 Å². The maximum Gasteiger partial charge on any atom is 0.365 e. The van der Waals surface area contributed by atoms with Gasteiger partial charge in [-0.3, -0.25) is 14.6 Å². The van der Waals surface area contributed by atoms with Gasteiger partial charge < -0.3 is 4.84 Å². The first-order valence-electron chi connectivity index (χ1n) is 5.08. The molecule has 0 saturated carbocycles. The zero-order chi connectivity index (χ0) is 12.4. The monoisotopic (exact) mass is 234 g/mol. The van der Waals surface area contributed by atoms with Crippen LogP contribution in [0.15, 0.2) is 18.3 Å². The van der Waals surface area contributed by atoms with Crippen LogP contribution in [0.1, 0.15) is 28.9 Å². The maximum atomic E-state index is 11.6. The van der Waals surface area contributed by atoms with E-state index in [2.05, 4.69) is 4.98 Å². The van der Waals surface area contributed by atoms with Gasteiger partial charge in [0.1, 0.15) is 0 Å². The van der Waals surface area contributed by atoms with Crippen molar-refractivity contribution in [2.75, 3.05) is 0 Å². The van der Waals surface area contributed by atoms with Crippen molar-refractivity contribution in [3.63, 3.8) is 0 Å². The Kier molecular flexibility index (Phi) is 2.86. The molecule has 0 aromatic carbocycles. The molecule has 1 saturated heterocycles. The van der Waals surface area contributed by atoms with Crippen molar-refractivity contribution in [2.24, 2.45) is 0 Å². The Balaban J connectivity index is 2.09. The van der Waals surface area contributed by atoms with Crippen LogP contribution in [0.25, 0.3) is 0 Å². The van der Waals surface area contributed by atoms with Crippen LogP contribution < -0.4 is 0 Å². The molecule has 6 nitrogen and oxygen atoms in total. The Morgan fingerprint density at radius 1 is 1.29 bits per heavy atom. The Labute approximate surface area is 97.1 Å². The molecule has 0 atom stereocenters. The fourth-order valence-electron chi connectivity index (χ4n) is 1.38. The molecule has 2 amide bonds. The van der Waals surface area contributed by atoms with E-state index in [0.717, 1.165) is 5.69 Å². The first-order chi connectivity index (χ1) is 8.08. The number of carbonyl (C=O) groups is 3. The third kappa shape index (κ3) is 2.30. The molecule has 6 heteroatoms. The highest BCUT2D eigenvalue weighted by Crippen LogP contribution is 2.13. The molecular formula is C11H10N2O4. The molecule has 1 aromatic heterocycles. The summed E-state index contributed by atoms with van der Waals surface area (Å²) in [5, 5.41) is 0.516. The number of imide groups is 1. The molecule has 0 bridgehead atoms. The van der Waals surface area contributed by atoms with Gasteiger partial charge in [-0.1, -0.05) is 0 Å². The van der Waals surface area contributed by atoms with E-state index < -0.39 is 17.8 Å². The van der Waals surface area contributed by atoms with E-state index in [1.54, 1.807) is 13.0 Å². The minimum absolute atomic E-state index is 0.0816. The van der Waals surface area contributed by atoms with Crippen molar-refractivity contribution in [2.45, 2.75) is 19.8 Å².